The second-order valence-electron chi connectivity index (χ2n) is 2.50. The standard InChI is InChI=1S/C9H5BrF4O/c10-5-4-6-2-1-3-7(11)8(6)15-9(12,13)14/h1-5H/b5-4-. The maximum absolute atomic E-state index is 13.0. The molecule has 0 bridgehead atoms. The minimum absolute atomic E-state index is 0.00389. The van der Waals surface area contributed by atoms with Gasteiger partial charge < -0.3 is 4.74 Å². The number of benzene rings is 1. The summed E-state index contributed by atoms with van der Waals surface area (Å²) in [5, 5.41) is 0. The second-order valence-corrected chi connectivity index (χ2v) is 3.03. The number of hydrogen-bond acceptors (Lipinski definition) is 1. The fourth-order valence-electron chi connectivity index (χ4n) is 0.948. The molecular weight excluding hydrogens is 280 g/mol. The SMILES string of the molecule is Fc1cccc(/C=C\Br)c1OC(F)(F)F. The Morgan fingerprint density at radius 3 is 2.47 bits per heavy atom. The average Bonchev–Trinajstić information content (AvgIpc) is 2.10. The van der Waals surface area contributed by atoms with Gasteiger partial charge in [0.2, 0.25) is 0 Å². The van der Waals surface area contributed by atoms with Crippen molar-refractivity contribution in [2.45, 2.75) is 6.36 Å². The highest BCUT2D eigenvalue weighted by molar-refractivity contribution is 9.11. The molecule has 0 N–H and O–H groups in total. The zero-order valence-corrected chi connectivity index (χ0v) is 8.77. The molecule has 1 aromatic carbocycles. The number of para-hydroxylation sites is 1. The molecule has 1 nitrogen and oxygen atoms in total. The predicted molar refractivity (Wildman–Crippen MR) is 51.0 cm³/mol. The van der Waals surface area contributed by atoms with Gasteiger partial charge in [-0.1, -0.05) is 28.1 Å². The van der Waals surface area contributed by atoms with Gasteiger partial charge in [-0.3, -0.25) is 0 Å². The summed E-state index contributed by atoms with van der Waals surface area (Å²) in [4.78, 5) is 1.31. The van der Waals surface area contributed by atoms with E-state index in [2.05, 4.69) is 20.7 Å². The summed E-state index contributed by atoms with van der Waals surface area (Å²) < 4.78 is 52.3. The molecule has 15 heavy (non-hydrogen) atoms. The van der Waals surface area contributed by atoms with E-state index in [0.717, 1.165) is 6.07 Å². The van der Waals surface area contributed by atoms with Crippen LogP contribution in [-0.2, 0) is 0 Å². The molecule has 0 aliphatic heterocycles. The Hall–Kier alpha value is -1.04. The monoisotopic (exact) mass is 284 g/mol. The van der Waals surface area contributed by atoms with Gasteiger partial charge in [-0.2, -0.15) is 0 Å². The molecule has 82 valence electrons. The average molecular weight is 285 g/mol. The van der Waals surface area contributed by atoms with Crippen LogP contribution < -0.4 is 4.74 Å². The summed E-state index contributed by atoms with van der Waals surface area (Å²) in [5.74, 6) is -1.89. The minimum Gasteiger partial charge on any atom is -0.402 e. The normalized spacial score (nSPS) is 12.1. The van der Waals surface area contributed by atoms with Crippen molar-refractivity contribution in [3.05, 3.63) is 34.6 Å². The fourth-order valence-corrected chi connectivity index (χ4v) is 1.23. The summed E-state index contributed by atoms with van der Waals surface area (Å²) in [7, 11) is 0. The Morgan fingerprint density at radius 1 is 1.27 bits per heavy atom. The highest BCUT2D eigenvalue weighted by atomic mass is 79.9. The van der Waals surface area contributed by atoms with Crippen LogP contribution >= 0.6 is 15.9 Å². The van der Waals surface area contributed by atoms with E-state index in [1.807, 2.05) is 0 Å². The molecule has 0 atom stereocenters. The van der Waals surface area contributed by atoms with E-state index < -0.39 is 17.9 Å². The zero-order valence-electron chi connectivity index (χ0n) is 7.18. The van der Waals surface area contributed by atoms with Crippen LogP contribution in [0.3, 0.4) is 0 Å². The first kappa shape index (κ1) is 12.0. The Labute approximate surface area is 91.5 Å². The van der Waals surface area contributed by atoms with Crippen LogP contribution in [-0.4, -0.2) is 6.36 Å². The molecule has 1 aromatic rings. The Balaban J connectivity index is 3.13. The van der Waals surface area contributed by atoms with Gasteiger partial charge in [-0.25, -0.2) is 4.39 Å². The molecule has 0 saturated carbocycles. The number of hydrogen-bond donors (Lipinski definition) is 0. The topological polar surface area (TPSA) is 9.23 Å². The van der Waals surface area contributed by atoms with E-state index >= 15 is 0 Å². The minimum atomic E-state index is -4.91. The predicted octanol–water partition coefficient (Wildman–Crippen LogP) is 4.09. The third kappa shape index (κ3) is 3.54. The number of rotatable bonds is 2. The van der Waals surface area contributed by atoms with E-state index in [1.165, 1.54) is 23.2 Å². The van der Waals surface area contributed by atoms with E-state index in [0.29, 0.717) is 0 Å². The molecule has 0 aliphatic carbocycles. The largest absolute Gasteiger partial charge is 0.573 e. The van der Waals surface area contributed by atoms with Crippen LogP contribution in [0, 0.1) is 5.82 Å². The molecule has 0 spiro atoms. The van der Waals surface area contributed by atoms with Crippen LogP contribution in [0.4, 0.5) is 17.6 Å². The number of alkyl halides is 3. The van der Waals surface area contributed by atoms with E-state index in [4.69, 9.17) is 0 Å². The first-order chi connectivity index (χ1) is 6.94. The summed E-state index contributed by atoms with van der Waals surface area (Å²) in [5.41, 5.74) is 0.00389. The van der Waals surface area contributed by atoms with Gasteiger partial charge in [0.15, 0.2) is 11.6 Å². The lowest BCUT2D eigenvalue weighted by atomic mass is 10.2. The van der Waals surface area contributed by atoms with Crippen LogP contribution in [0.1, 0.15) is 5.56 Å². The van der Waals surface area contributed by atoms with Crippen molar-refractivity contribution in [2.24, 2.45) is 0 Å². The van der Waals surface area contributed by atoms with Crippen LogP contribution in [0.15, 0.2) is 23.2 Å². The van der Waals surface area contributed by atoms with Crippen LogP contribution in [0.25, 0.3) is 6.08 Å². The summed E-state index contributed by atoms with van der Waals surface area (Å²) in [6.45, 7) is 0. The van der Waals surface area contributed by atoms with E-state index in [9.17, 15) is 17.6 Å². The molecule has 6 heteroatoms. The molecule has 0 fully saturated rings. The molecule has 0 aliphatic rings. The summed E-state index contributed by atoms with van der Waals surface area (Å²) >= 11 is 2.88. The lowest BCUT2D eigenvalue weighted by molar-refractivity contribution is -0.275. The zero-order chi connectivity index (χ0) is 11.5. The van der Waals surface area contributed by atoms with E-state index in [-0.39, 0.29) is 5.56 Å². The molecule has 0 aromatic heterocycles. The van der Waals surface area contributed by atoms with Crippen molar-refractivity contribution in [2.75, 3.05) is 0 Å². The Morgan fingerprint density at radius 2 is 1.93 bits per heavy atom. The van der Waals surface area contributed by atoms with Crippen molar-refractivity contribution < 1.29 is 22.3 Å². The molecule has 1 rings (SSSR count). The van der Waals surface area contributed by atoms with Crippen molar-refractivity contribution in [3.63, 3.8) is 0 Å². The number of ether oxygens (including phenoxy) is 1. The van der Waals surface area contributed by atoms with Gasteiger partial charge in [0.1, 0.15) is 0 Å². The second kappa shape index (κ2) is 4.65. The van der Waals surface area contributed by atoms with Gasteiger partial charge in [0, 0.05) is 5.56 Å². The van der Waals surface area contributed by atoms with E-state index in [1.54, 1.807) is 0 Å². The maximum Gasteiger partial charge on any atom is 0.573 e. The molecule has 0 radical (unpaired) electrons. The highest BCUT2D eigenvalue weighted by Gasteiger charge is 2.33. The third-order valence-electron chi connectivity index (χ3n) is 1.46. The Kier molecular flexibility index (Phi) is 3.73. The summed E-state index contributed by atoms with van der Waals surface area (Å²) in [6.07, 6.45) is -3.65. The van der Waals surface area contributed by atoms with Crippen molar-refractivity contribution in [1.82, 2.24) is 0 Å². The first-order valence-corrected chi connectivity index (χ1v) is 4.66. The van der Waals surface area contributed by atoms with Gasteiger partial charge >= 0.3 is 6.36 Å². The van der Waals surface area contributed by atoms with Gasteiger partial charge in [0.25, 0.3) is 0 Å². The highest BCUT2D eigenvalue weighted by Crippen LogP contribution is 2.30. The lowest BCUT2D eigenvalue weighted by Crippen LogP contribution is -2.18. The third-order valence-corrected chi connectivity index (χ3v) is 1.72. The lowest BCUT2D eigenvalue weighted by Gasteiger charge is -2.11. The van der Waals surface area contributed by atoms with Crippen molar-refractivity contribution >= 4 is 22.0 Å². The van der Waals surface area contributed by atoms with Gasteiger partial charge in [0.05, 0.1) is 0 Å². The fraction of sp³-hybridized carbons (Fsp3) is 0.111. The molecular formula is C9H5BrF4O. The smallest absolute Gasteiger partial charge is 0.402 e. The Bertz CT molecular complexity index is 373. The molecule has 0 saturated heterocycles. The molecule has 0 heterocycles. The van der Waals surface area contributed by atoms with Crippen molar-refractivity contribution in [1.29, 1.82) is 0 Å². The van der Waals surface area contributed by atoms with Gasteiger partial charge in [-0.05, 0) is 17.1 Å². The number of halogens is 5. The quantitative estimate of drug-likeness (QED) is 0.744. The molecule has 0 unspecified atom stereocenters. The molecule has 0 amide bonds. The van der Waals surface area contributed by atoms with Gasteiger partial charge in [-0.15, -0.1) is 13.2 Å². The summed E-state index contributed by atoms with van der Waals surface area (Å²) in [6, 6.07) is 3.50. The first-order valence-electron chi connectivity index (χ1n) is 3.75. The maximum atomic E-state index is 13.0. The van der Waals surface area contributed by atoms with Crippen LogP contribution in [0.5, 0.6) is 5.75 Å². The van der Waals surface area contributed by atoms with Crippen LogP contribution in [0.2, 0.25) is 0 Å². The van der Waals surface area contributed by atoms with Crippen molar-refractivity contribution in [3.8, 4) is 5.75 Å².